The van der Waals surface area contributed by atoms with E-state index in [9.17, 15) is 4.79 Å². The van der Waals surface area contributed by atoms with Crippen molar-refractivity contribution in [2.75, 3.05) is 12.4 Å². The van der Waals surface area contributed by atoms with Gasteiger partial charge in [0.1, 0.15) is 6.04 Å². The Hall–Kier alpha value is -1.51. The van der Waals surface area contributed by atoms with E-state index in [1.165, 1.54) is 31.2 Å². The van der Waals surface area contributed by atoms with Crippen molar-refractivity contribution in [2.24, 2.45) is 0 Å². The second-order valence-electron chi connectivity index (χ2n) is 5.78. The number of nitrogens with zero attached hydrogens (tertiary/aromatic N) is 1. The molecule has 19 heavy (non-hydrogen) atoms. The minimum Gasteiger partial charge on any atom is -0.373 e. The van der Waals surface area contributed by atoms with Crippen LogP contribution in [0.1, 0.15) is 37.7 Å². The number of para-hydroxylation sites is 1. The molecule has 0 bridgehead atoms. The van der Waals surface area contributed by atoms with Gasteiger partial charge in [-0.05, 0) is 37.3 Å². The van der Waals surface area contributed by atoms with Gasteiger partial charge in [0.25, 0.3) is 0 Å². The second-order valence-corrected chi connectivity index (χ2v) is 5.78. The molecular formula is C16H22N2O. The van der Waals surface area contributed by atoms with Crippen molar-refractivity contribution in [3.8, 4) is 0 Å². The van der Waals surface area contributed by atoms with Crippen molar-refractivity contribution in [3.63, 3.8) is 0 Å². The highest BCUT2D eigenvalue weighted by molar-refractivity contribution is 5.85. The first-order valence-corrected chi connectivity index (χ1v) is 7.37. The van der Waals surface area contributed by atoms with Crippen molar-refractivity contribution in [2.45, 2.75) is 50.6 Å². The standard InChI is InChI=1S/C16H22N2O/c1-18(13-7-3-4-8-13)16(19)15-11-10-12-6-2-5-9-14(12)17-15/h2,5-6,9,13,15,17H,3-4,7-8,10-11H2,1H3. The van der Waals surface area contributed by atoms with Gasteiger partial charge in [0.05, 0.1) is 0 Å². The maximum atomic E-state index is 12.6. The number of hydrogen-bond donors (Lipinski definition) is 1. The number of likely N-dealkylation sites (N-methyl/N-ethyl adjacent to an activating group) is 1. The Labute approximate surface area is 115 Å². The highest BCUT2D eigenvalue weighted by Crippen LogP contribution is 2.27. The summed E-state index contributed by atoms with van der Waals surface area (Å²) in [7, 11) is 1.97. The second kappa shape index (κ2) is 5.24. The lowest BCUT2D eigenvalue weighted by molar-refractivity contribution is -0.132. The number of nitrogens with one attached hydrogen (secondary N) is 1. The summed E-state index contributed by atoms with van der Waals surface area (Å²) >= 11 is 0. The number of hydrogen-bond acceptors (Lipinski definition) is 2. The van der Waals surface area contributed by atoms with Crippen molar-refractivity contribution >= 4 is 11.6 Å². The van der Waals surface area contributed by atoms with E-state index in [4.69, 9.17) is 0 Å². The smallest absolute Gasteiger partial charge is 0.245 e. The van der Waals surface area contributed by atoms with Gasteiger partial charge in [-0.3, -0.25) is 4.79 Å². The largest absolute Gasteiger partial charge is 0.373 e. The Morgan fingerprint density at radius 2 is 1.95 bits per heavy atom. The number of anilines is 1. The molecule has 1 unspecified atom stereocenters. The third-order valence-electron chi connectivity index (χ3n) is 4.57. The topological polar surface area (TPSA) is 32.3 Å². The normalized spacial score (nSPS) is 22.7. The molecule has 1 aromatic rings. The molecule has 1 N–H and O–H groups in total. The monoisotopic (exact) mass is 258 g/mol. The van der Waals surface area contributed by atoms with E-state index in [1.54, 1.807) is 0 Å². The molecule has 2 aliphatic rings. The average Bonchev–Trinajstić information content (AvgIpc) is 2.99. The molecule has 0 aromatic heterocycles. The summed E-state index contributed by atoms with van der Waals surface area (Å²) < 4.78 is 0. The minimum absolute atomic E-state index is 0.0412. The van der Waals surface area contributed by atoms with Crippen LogP contribution in [0, 0.1) is 0 Å². The molecule has 3 heteroatoms. The van der Waals surface area contributed by atoms with Crippen LogP contribution in [0.4, 0.5) is 5.69 Å². The Morgan fingerprint density at radius 3 is 2.74 bits per heavy atom. The van der Waals surface area contributed by atoms with Gasteiger partial charge in [-0.25, -0.2) is 0 Å². The molecule has 1 aromatic carbocycles. The van der Waals surface area contributed by atoms with Gasteiger partial charge in [0.2, 0.25) is 5.91 Å². The van der Waals surface area contributed by atoms with Crippen LogP contribution in [-0.2, 0) is 11.2 Å². The number of rotatable bonds is 2. The van der Waals surface area contributed by atoms with E-state index in [0.29, 0.717) is 6.04 Å². The Morgan fingerprint density at radius 1 is 1.21 bits per heavy atom. The molecule has 102 valence electrons. The van der Waals surface area contributed by atoms with E-state index in [1.807, 2.05) is 18.0 Å². The highest BCUT2D eigenvalue weighted by atomic mass is 16.2. The predicted molar refractivity (Wildman–Crippen MR) is 77.2 cm³/mol. The van der Waals surface area contributed by atoms with Gasteiger partial charge in [0.15, 0.2) is 0 Å². The summed E-state index contributed by atoms with van der Waals surface area (Å²) in [6.45, 7) is 0. The van der Waals surface area contributed by atoms with Gasteiger partial charge in [0, 0.05) is 18.8 Å². The molecule has 1 aliphatic heterocycles. The lowest BCUT2D eigenvalue weighted by atomic mass is 9.97. The van der Waals surface area contributed by atoms with Gasteiger partial charge in [-0.2, -0.15) is 0 Å². The summed E-state index contributed by atoms with van der Waals surface area (Å²) in [4.78, 5) is 14.5. The van der Waals surface area contributed by atoms with Crippen LogP contribution < -0.4 is 5.32 Å². The summed E-state index contributed by atoms with van der Waals surface area (Å²) in [5.74, 6) is 0.265. The third-order valence-corrected chi connectivity index (χ3v) is 4.57. The number of fused-ring (bicyclic) bond motifs is 1. The first-order chi connectivity index (χ1) is 9.25. The number of carbonyl (C=O) groups excluding carboxylic acids is 1. The fraction of sp³-hybridized carbons (Fsp3) is 0.562. The zero-order chi connectivity index (χ0) is 13.2. The molecule has 1 amide bonds. The fourth-order valence-electron chi connectivity index (χ4n) is 3.34. The lowest BCUT2D eigenvalue weighted by Gasteiger charge is -2.32. The summed E-state index contributed by atoms with van der Waals surface area (Å²) in [6.07, 6.45) is 6.79. The maximum absolute atomic E-state index is 12.6. The van der Waals surface area contributed by atoms with Gasteiger partial charge < -0.3 is 10.2 Å². The van der Waals surface area contributed by atoms with Crippen LogP contribution in [0.5, 0.6) is 0 Å². The van der Waals surface area contributed by atoms with E-state index < -0.39 is 0 Å². The maximum Gasteiger partial charge on any atom is 0.245 e. The molecule has 0 radical (unpaired) electrons. The molecule has 1 atom stereocenters. The molecule has 1 heterocycles. The molecule has 1 aliphatic carbocycles. The van der Waals surface area contributed by atoms with Crippen LogP contribution in [0.25, 0.3) is 0 Å². The Balaban J connectivity index is 1.68. The Kier molecular flexibility index (Phi) is 3.45. The summed E-state index contributed by atoms with van der Waals surface area (Å²) in [6, 6.07) is 8.73. The average molecular weight is 258 g/mol. The van der Waals surface area contributed by atoms with Gasteiger partial charge in [-0.1, -0.05) is 31.0 Å². The van der Waals surface area contributed by atoms with Crippen molar-refractivity contribution in [1.82, 2.24) is 4.90 Å². The Bertz CT molecular complexity index is 466. The quantitative estimate of drug-likeness (QED) is 0.884. The molecule has 3 rings (SSSR count). The zero-order valence-electron chi connectivity index (χ0n) is 11.6. The number of carbonyl (C=O) groups is 1. The molecular weight excluding hydrogens is 236 g/mol. The van der Waals surface area contributed by atoms with Crippen LogP contribution in [-0.4, -0.2) is 29.9 Å². The van der Waals surface area contributed by atoms with E-state index in [-0.39, 0.29) is 11.9 Å². The first kappa shape index (κ1) is 12.5. The van der Waals surface area contributed by atoms with Crippen LogP contribution in [0.2, 0.25) is 0 Å². The lowest BCUT2D eigenvalue weighted by Crippen LogP contribution is -2.46. The number of amides is 1. The van der Waals surface area contributed by atoms with E-state index in [0.717, 1.165) is 18.5 Å². The summed E-state index contributed by atoms with van der Waals surface area (Å²) in [5, 5.41) is 3.41. The van der Waals surface area contributed by atoms with Gasteiger partial charge in [-0.15, -0.1) is 0 Å². The zero-order valence-corrected chi connectivity index (χ0v) is 11.6. The molecule has 0 spiro atoms. The summed E-state index contributed by atoms with van der Waals surface area (Å²) in [5.41, 5.74) is 2.46. The van der Waals surface area contributed by atoms with E-state index >= 15 is 0 Å². The molecule has 1 fully saturated rings. The highest BCUT2D eigenvalue weighted by Gasteiger charge is 2.30. The molecule has 3 nitrogen and oxygen atoms in total. The van der Waals surface area contributed by atoms with Gasteiger partial charge >= 0.3 is 0 Å². The van der Waals surface area contributed by atoms with Crippen LogP contribution in [0.15, 0.2) is 24.3 Å². The molecule has 1 saturated carbocycles. The van der Waals surface area contributed by atoms with Crippen molar-refractivity contribution in [3.05, 3.63) is 29.8 Å². The minimum atomic E-state index is -0.0412. The first-order valence-electron chi connectivity index (χ1n) is 7.37. The fourth-order valence-corrected chi connectivity index (χ4v) is 3.34. The van der Waals surface area contributed by atoms with Crippen molar-refractivity contribution < 1.29 is 4.79 Å². The number of benzene rings is 1. The predicted octanol–water partition coefficient (Wildman–Crippen LogP) is 2.81. The van der Waals surface area contributed by atoms with Crippen LogP contribution in [0.3, 0.4) is 0 Å². The molecule has 0 saturated heterocycles. The SMILES string of the molecule is CN(C(=O)C1CCc2ccccc2N1)C1CCCC1. The third kappa shape index (κ3) is 2.46. The van der Waals surface area contributed by atoms with Crippen LogP contribution >= 0.6 is 0 Å². The van der Waals surface area contributed by atoms with Crippen molar-refractivity contribution in [1.29, 1.82) is 0 Å². The number of aryl methyl sites for hydroxylation is 1. The van der Waals surface area contributed by atoms with E-state index in [2.05, 4.69) is 23.5 Å².